The average molecular weight is 410 g/mol. The van der Waals surface area contributed by atoms with Crippen molar-refractivity contribution in [2.24, 2.45) is 13.0 Å². The van der Waals surface area contributed by atoms with Gasteiger partial charge in [-0.05, 0) is 72.9 Å². The second-order valence-corrected chi connectivity index (χ2v) is 9.66. The fourth-order valence-corrected chi connectivity index (χ4v) is 5.76. The van der Waals surface area contributed by atoms with Crippen LogP contribution in [-0.4, -0.2) is 4.98 Å². The number of fused-ring (bicyclic) bond motifs is 3. The van der Waals surface area contributed by atoms with Crippen molar-refractivity contribution in [3.63, 3.8) is 0 Å². The zero-order chi connectivity index (χ0) is 21.3. The van der Waals surface area contributed by atoms with Crippen molar-refractivity contribution in [1.82, 2.24) is 4.98 Å². The van der Waals surface area contributed by atoms with E-state index >= 15 is 0 Å². The Kier molecular flexibility index (Phi) is 4.11. The van der Waals surface area contributed by atoms with Crippen LogP contribution >= 0.6 is 0 Å². The smallest absolute Gasteiger partial charge is 0.294 e. The van der Waals surface area contributed by atoms with E-state index < -0.39 is 0 Å². The highest BCUT2D eigenvalue weighted by molar-refractivity contribution is 6.05. The number of hydrogen-bond donors (Lipinski definition) is 0. The molecule has 1 aliphatic carbocycles. The molecule has 0 amide bonds. The van der Waals surface area contributed by atoms with E-state index in [1.54, 1.807) is 0 Å². The lowest BCUT2D eigenvalue weighted by atomic mass is 9.90. The first-order valence-electron chi connectivity index (χ1n) is 11.5. The van der Waals surface area contributed by atoms with E-state index in [0.29, 0.717) is 0 Å². The Labute approximate surface area is 183 Å². The molecule has 0 saturated heterocycles. The van der Waals surface area contributed by atoms with Crippen molar-refractivity contribution in [1.29, 1.82) is 0 Å². The fraction of sp³-hybridized carbons (Fsp3) is 0.357. The van der Waals surface area contributed by atoms with Gasteiger partial charge in [0.25, 0.3) is 11.6 Å². The van der Waals surface area contributed by atoms with E-state index in [1.807, 2.05) is 0 Å². The molecule has 1 aliphatic heterocycles. The summed E-state index contributed by atoms with van der Waals surface area (Å²) in [5.74, 6) is 2.48. The zero-order valence-electron chi connectivity index (χ0n) is 18.9. The topological polar surface area (TPSA) is 26.0 Å². The van der Waals surface area contributed by atoms with Gasteiger partial charge in [0.05, 0.1) is 5.56 Å². The highest BCUT2D eigenvalue weighted by atomic mass is 16.5. The van der Waals surface area contributed by atoms with Crippen LogP contribution in [0.5, 0.6) is 11.6 Å². The first-order valence-corrected chi connectivity index (χ1v) is 11.5. The Balaban J connectivity index is 1.59. The number of rotatable bonds is 2. The summed E-state index contributed by atoms with van der Waals surface area (Å²) in [5.41, 5.74) is 9.74. The second kappa shape index (κ2) is 6.78. The summed E-state index contributed by atoms with van der Waals surface area (Å²) in [5, 5.41) is 2.45. The molecule has 31 heavy (non-hydrogen) atoms. The lowest BCUT2D eigenvalue weighted by molar-refractivity contribution is -0.634. The van der Waals surface area contributed by atoms with E-state index in [9.17, 15) is 0 Å². The van der Waals surface area contributed by atoms with Crippen molar-refractivity contribution in [2.75, 3.05) is 0 Å². The molecule has 0 unspecified atom stereocenters. The van der Waals surface area contributed by atoms with Crippen molar-refractivity contribution < 1.29 is 9.30 Å². The molecule has 1 saturated carbocycles. The molecule has 3 heteroatoms. The number of nitrogens with zero attached hydrogens (tertiary/aromatic N) is 2. The van der Waals surface area contributed by atoms with Gasteiger partial charge >= 0.3 is 0 Å². The van der Waals surface area contributed by atoms with Gasteiger partial charge in [-0.25, -0.2) is 4.98 Å². The minimum Gasteiger partial charge on any atom is -0.433 e. The summed E-state index contributed by atoms with van der Waals surface area (Å²) in [7, 11) is 2.15. The van der Waals surface area contributed by atoms with Crippen LogP contribution in [-0.2, 0) is 13.5 Å². The largest absolute Gasteiger partial charge is 0.433 e. The maximum atomic E-state index is 6.46. The van der Waals surface area contributed by atoms with Gasteiger partial charge < -0.3 is 4.74 Å². The maximum Gasteiger partial charge on any atom is 0.294 e. The number of aromatic nitrogens is 2. The van der Waals surface area contributed by atoms with Crippen LogP contribution in [0.15, 0.2) is 36.4 Å². The minimum absolute atomic E-state index is 0.723. The maximum absolute atomic E-state index is 6.46. The van der Waals surface area contributed by atoms with Crippen LogP contribution in [0.4, 0.5) is 0 Å². The molecule has 6 rings (SSSR count). The second-order valence-electron chi connectivity index (χ2n) is 9.66. The Morgan fingerprint density at radius 1 is 1.03 bits per heavy atom. The highest BCUT2D eigenvalue weighted by Crippen LogP contribution is 2.47. The minimum atomic E-state index is 0.723. The third-order valence-electron chi connectivity index (χ3n) is 7.47. The van der Waals surface area contributed by atoms with Gasteiger partial charge in [-0.15, -0.1) is 0 Å². The molecule has 0 N–H and O–H groups in total. The van der Waals surface area contributed by atoms with Gasteiger partial charge in [0.15, 0.2) is 0 Å². The summed E-state index contributed by atoms with van der Waals surface area (Å²) < 4.78 is 8.73. The number of aryl methyl sites for hydroxylation is 3. The average Bonchev–Trinajstić information content (AvgIpc) is 3.23. The summed E-state index contributed by atoms with van der Waals surface area (Å²) in [6.07, 6.45) is 6.67. The molecule has 3 nitrogen and oxygen atoms in total. The number of benzene rings is 3. The highest BCUT2D eigenvalue weighted by Gasteiger charge is 2.33. The number of hydrogen-bond acceptors (Lipinski definition) is 2. The quantitative estimate of drug-likeness (QED) is 0.305. The first kappa shape index (κ1) is 18.8. The van der Waals surface area contributed by atoms with Gasteiger partial charge in [-0.3, -0.25) is 0 Å². The summed E-state index contributed by atoms with van der Waals surface area (Å²) in [6, 6.07) is 13.5. The molecular weight excluding hydrogens is 380 g/mol. The lowest BCUT2D eigenvalue weighted by Crippen LogP contribution is -2.34. The Morgan fingerprint density at radius 3 is 2.65 bits per heavy atom. The van der Waals surface area contributed by atoms with Crippen LogP contribution in [0.3, 0.4) is 0 Å². The summed E-state index contributed by atoms with van der Waals surface area (Å²) >= 11 is 0. The molecule has 0 bridgehead atoms. The molecule has 3 aromatic carbocycles. The van der Waals surface area contributed by atoms with E-state index in [2.05, 4.69) is 68.8 Å². The molecular formula is C28H29N2O+. The molecule has 1 fully saturated rings. The number of ether oxygens (including phenoxy) is 1. The molecule has 0 spiro atoms. The SMILES string of the molecule is Cc1cc2c3c(c(C)c(C)cc3c1)-c1c(nc3cc(CC4CCCC4)ccc3[n+]1C)O2. The molecule has 1 aromatic heterocycles. The molecule has 0 atom stereocenters. The molecule has 156 valence electrons. The van der Waals surface area contributed by atoms with Crippen molar-refractivity contribution in [3.8, 4) is 22.9 Å². The van der Waals surface area contributed by atoms with Crippen molar-refractivity contribution in [3.05, 3.63) is 58.7 Å². The Bertz CT molecular complexity index is 1380. The molecule has 0 radical (unpaired) electrons. The van der Waals surface area contributed by atoms with Crippen molar-refractivity contribution >= 4 is 21.8 Å². The zero-order valence-corrected chi connectivity index (χ0v) is 18.9. The van der Waals surface area contributed by atoms with Crippen LogP contribution in [0.2, 0.25) is 0 Å². The van der Waals surface area contributed by atoms with E-state index in [1.165, 1.54) is 70.7 Å². The van der Waals surface area contributed by atoms with Gasteiger partial charge in [0.2, 0.25) is 5.52 Å². The standard InChI is InChI=1S/C28H29N2O/c1-16-11-21-13-17(2)18(3)25-26(21)24(12-16)31-28-27(25)30(4)23-10-9-20(15-22(23)29-28)14-19-7-5-6-8-19/h9-13,15,19H,5-8,14H2,1-4H3/q+1. The summed E-state index contributed by atoms with van der Waals surface area (Å²) in [6.45, 7) is 6.55. The third kappa shape index (κ3) is 2.86. The predicted molar refractivity (Wildman–Crippen MR) is 126 cm³/mol. The normalized spacial score (nSPS) is 15.5. The van der Waals surface area contributed by atoms with Crippen molar-refractivity contribution in [2.45, 2.75) is 52.9 Å². The Hall–Kier alpha value is -2.94. The van der Waals surface area contributed by atoms with E-state index in [0.717, 1.165) is 34.3 Å². The van der Waals surface area contributed by atoms with Gasteiger partial charge in [0, 0.05) is 11.5 Å². The lowest BCUT2D eigenvalue weighted by Gasteiger charge is -2.22. The van der Waals surface area contributed by atoms with Gasteiger partial charge in [0.1, 0.15) is 18.3 Å². The van der Waals surface area contributed by atoms with Crippen LogP contribution < -0.4 is 9.30 Å². The van der Waals surface area contributed by atoms with Crippen LogP contribution in [0, 0.1) is 26.7 Å². The molecule has 2 heterocycles. The van der Waals surface area contributed by atoms with Gasteiger partial charge in [-0.1, -0.05) is 43.9 Å². The molecule has 2 aliphatic rings. The van der Waals surface area contributed by atoms with Crippen LogP contribution in [0.25, 0.3) is 33.1 Å². The van der Waals surface area contributed by atoms with E-state index in [4.69, 9.17) is 9.72 Å². The monoisotopic (exact) mass is 409 g/mol. The van der Waals surface area contributed by atoms with E-state index in [-0.39, 0.29) is 0 Å². The third-order valence-corrected chi connectivity index (χ3v) is 7.47. The fourth-order valence-electron chi connectivity index (χ4n) is 5.76. The molecule has 4 aromatic rings. The van der Waals surface area contributed by atoms with Crippen LogP contribution in [0.1, 0.15) is 47.9 Å². The predicted octanol–water partition coefficient (Wildman–Crippen LogP) is 6.64. The van der Waals surface area contributed by atoms with Gasteiger partial charge in [-0.2, -0.15) is 4.57 Å². The summed E-state index contributed by atoms with van der Waals surface area (Å²) in [4.78, 5) is 5.06. The Morgan fingerprint density at radius 2 is 1.84 bits per heavy atom. The first-order chi connectivity index (χ1) is 15.0.